The average molecular weight is 377 g/mol. The molecule has 2 fully saturated rings. The van der Waals surface area contributed by atoms with Crippen molar-refractivity contribution in [3.8, 4) is 11.1 Å². The lowest BCUT2D eigenvalue weighted by Gasteiger charge is -2.38. The van der Waals surface area contributed by atoms with Gasteiger partial charge in [0.05, 0.1) is 12.7 Å². The van der Waals surface area contributed by atoms with Crippen LogP contribution in [0.15, 0.2) is 48.9 Å². The van der Waals surface area contributed by atoms with E-state index in [1.807, 2.05) is 41.3 Å². The molecule has 2 saturated heterocycles. The monoisotopic (exact) mass is 377 g/mol. The molecular weight excluding hydrogens is 354 g/mol. The highest BCUT2D eigenvalue weighted by atomic mass is 16.6. The molecule has 1 atom stereocenters. The summed E-state index contributed by atoms with van der Waals surface area (Å²) in [5.41, 5.74) is 3.74. The van der Waals surface area contributed by atoms with Gasteiger partial charge in [-0.1, -0.05) is 30.3 Å². The Hall–Kier alpha value is -2.93. The highest BCUT2D eigenvalue weighted by Gasteiger charge is 2.46. The van der Waals surface area contributed by atoms with Crippen LogP contribution >= 0.6 is 0 Å². The predicted octanol–water partition coefficient (Wildman–Crippen LogP) is 2.81. The van der Waals surface area contributed by atoms with Gasteiger partial charge in [-0.25, -0.2) is 14.3 Å². The van der Waals surface area contributed by atoms with Crippen LogP contribution in [0.3, 0.4) is 0 Å². The number of rotatable bonds is 3. The topological polar surface area (TPSA) is 63.0 Å². The number of hydrogen-bond donors (Lipinski definition) is 0. The summed E-state index contributed by atoms with van der Waals surface area (Å²) in [6.07, 6.45) is 7.58. The van der Waals surface area contributed by atoms with Crippen molar-refractivity contribution in [2.24, 2.45) is 0 Å². The van der Waals surface area contributed by atoms with Crippen molar-refractivity contribution in [3.05, 3.63) is 54.5 Å². The number of piperidine rings is 1. The van der Waals surface area contributed by atoms with Gasteiger partial charge < -0.3 is 9.64 Å². The highest BCUT2D eigenvalue weighted by molar-refractivity contribution is 5.76. The number of ether oxygens (including phenoxy) is 1. The van der Waals surface area contributed by atoms with Gasteiger partial charge in [0.1, 0.15) is 5.60 Å². The number of amides is 1. The normalized spacial score (nSPS) is 22.9. The van der Waals surface area contributed by atoms with Gasteiger partial charge in [0.25, 0.3) is 0 Å². The Morgan fingerprint density at radius 2 is 2.04 bits per heavy atom. The smallest absolute Gasteiger partial charge is 0.410 e. The fourth-order valence-corrected chi connectivity index (χ4v) is 4.40. The molecule has 1 amide bonds. The van der Waals surface area contributed by atoms with Crippen LogP contribution in [0.1, 0.15) is 18.4 Å². The number of carbonyl (C=O) groups excluding carboxylic acids is 1. The van der Waals surface area contributed by atoms with Gasteiger partial charge in [-0.2, -0.15) is 5.10 Å². The second-order valence-corrected chi connectivity index (χ2v) is 7.88. The maximum atomic E-state index is 11.8. The number of benzene rings is 1. The van der Waals surface area contributed by atoms with Gasteiger partial charge in [-0.05, 0) is 24.9 Å². The maximum absolute atomic E-state index is 11.8. The van der Waals surface area contributed by atoms with Gasteiger partial charge in [0, 0.05) is 43.7 Å². The summed E-state index contributed by atoms with van der Waals surface area (Å²) in [5, 5.41) is 4.50. The summed E-state index contributed by atoms with van der Waals surface area (Å²) in [7, 11) is 1.80. The number of hydrogen-bond acceptors (Lipinski definition) is 5. The van der Waals surface area contributed by atoms with Crippen LogP contribution in [0.25, 0.3) is 16.8 Å². The third kappa shape index (κ3) is 3.01. The highest BCUT2D eigenvalue weighted by Crippen LogP contribution is 2.32. The molecule has 144 valence electrons. The van der Waals surface area contributed by atoms with E-state index in [0.29, 0.717) is 6.54 Å². The van der Waals surface area contributed by atoms with E-state index in [1.165, 1.54) is 0 Å². The quantitative estimate of drug-likeness (QED) is 0.702. The van der Waals surface area contributed by atoms with Crippen LogP contribution in [-0.2, 0) is 11.3 Å². The van der Waals surface area contributed by atoms with E-state index >= 15 is 0 Å². The first kappa shape index (κ1) is 17.2. The van der Waals surface area contributed by atoms with E-state index in [-0.39, 0.29) is 11.7 Å². The molecule has 0 N–H and O–H groups in total. The molecule has 0 saturated carbocycles. The van der Waals surface area contributed by atoms with Crippen LogP contribution in [0, 0.1) is 0 Å². The van der Waals surface area contributed by atoms with Crippen LogP contribution < -0.4 is 0 Å². The Kier molecular flexibility index (Phi) is 4.05. The number of likely N-dealkylation sites (tertiary alicyclic amines) is 1. The largest absolute Gasteiger partial charge is 0.440 e. The van der Waals surface area contributed by atoms with Gasteiger partial charge in [-0.3, -0.25) is 4.90 Å². The van der Waals surface area contributed by atoms with E-state index < -0.39 is 0 Å². The fraction of sp³-hybridized carbons (Fsp3) is 0.381. The Morgan fingerprint density at radius 1 is 1.18 bits per heavy atom. The molecule has 7 heteroatoms. The van der Waals surface area contributed by atoms with Gasteiger partial charge in [0.2, 0.25) is 0 Å². The van der Waals surface area contributed by atoms with Gasteiger partial charge in [-0.15, -0.1) is 0 Å². The van der Waals surface area contributed by atoms with Crippen LogP contribution in [0.5, 0.6) is 0 Å². The Balaban J connectivity index is 1.35. The first-order valence-corrected chi connectivity index (χ1v) is 9.66. The second kappa shape index (κ2) is 6.60. The number of likely N-dealkylation sites (N-methyl/N-ethyl adjacent to an activating group) is 1. The van der Waals surface area contributed by atoms with E-state index in [9.17, 15) is 4.79 Å². The summed E-state index contributed by atoms with van der Waals surface area (Å²) in [6, 6.07) is 10.2. The molecule has 2 aliphatic heterocycles. The minimum atomic E-state index is -0.367. The van der Waals surface area contributed by atoms with Crippen molar-refractivity contribution in [1.82, 2.24) is 24.4 Å². The first-order chi connectivity index (χ1) is 13.6. The van der Waals surface area contributed by atoms with E-state index in [1.54, 1.807) is 11.9 Å². The Bertz CT molecular complexity index is 1020. The zero-order valence-corrected chi connectivity index (χ0v) is 15.9. The van der Waals surface area contributed by atoms with Crippen molar-refractivity contribution < 1.29 is 9.53 Å². The zero-order chi connectivity index (χ0) is 19.1. The molecular formula is C21H23N5O2. The summed E-state index contributed by atoms with van der Waals surface area (Å²) >= 11 is 0. The third-order valence-corrected chi connectivity index (χ3v) is 5.66. The molecule has 2 aromatic heterocycles. The lowest BCUT2D eigenvalue weighted by atomic mass is 9.92. The average Bonchev–Trinajstić information content (AvgIpc) is 3.23. The van der Waals surface area contributed by atoms with E-state index in [0.717, 1.165) is 54.8 Å². The van der Waals surface area contributed by atoms with Crippen LogP contribution in [0.2, 0.25) is 0 Å². The minimum Gasteiger partial charge on any atom is -0.440 e. The number of fused-ring (bicyclic) bond motifs is 1. The first-order valence-electron chi connectivity index (χ1n) is 9.66. The van der Waals surface area contributed by atoms with Crippen molar-refractivity contribution in [1.29, 1.82) is 0 Å². The Labute approximate surface area is 163 Å². The zero-order valence-electron chi connectivity index (χ0n) is 15.9. The molecule has 1 aromatic carbocycles. The molecule has 0 bridgehead atoms. The molecule has 1 unspecified atom stereocenters. The number of carbonyl (C=O) groups is 1. The van der Waals surface area contributed by atoms with Crippen LogP contribution in [0.4, 0.5) is 4.79 Å². The second-order valence-electron chi connectivity index (χ2n) is 7.88. The summed E-state index contributed by atoms with van der Waals surface area (Å²) in [4.78, 5) is 20.5. The van der Waals surface area contributed by atoms with E-state index in [2.05, 4.69) is 27.1 Å². The molecule has 2 aliphatic rings. The van der Waals surface area contributed by atoms with Crippen molar-refractivity contribution in [3.63, 3.8) is 0 Å². The lowest BCUT2D eigenvalue weighted by Crippen LogP contribution is -2.50. The molecule has 7 nitrogen and oxygen atoms in total. The van der Waals surface area contributed by atoms with Gasteiger partial charge in [0.15, 0.2) is 5.65 Å². The molecule has 1 spiro atoms. The SMILES string of the molecule is CN1CC2(CCCN(Cc3cnc4c(-c5ccccc5)cnn4c3)C2)OC1=O. The third-order valence-electron chi connectivity index (χ3n) is 5.66. The standard InChI is InChI=1S/C21H23N5O2/c1-24-14-21(28-20(24)27)8-5-9-25(15-21)12-16-10-22-19-18(11-23-26(19)13-16)17-6-3-2-4-7-17/h2-4,6-7,10-11,13H,5,8-9,12,14-15H2,1H3. The van der Waals surface area contributed by atoms with Gasteiger partial charge >= 0.3 is 6.09 Å². The lowest BCUT2D eigenvalue weighted by molar-refractivity contribution is -0.0114. The molecule has 0 aliphatic carbocycles. The molecule has 0 radical (unpaired) electrons. The van der Waals surface area contributed by atoms with E-state index in [4.69, 9.17) is 4.74 Å². The Morgan fingerprint density at radius 3 is 2.82 bits per heavy atom. The number of aromatic nitrogens is 3. The molecule has 28 heavy (non-hydrogen) atoms. The molecule has 5 rings (SSSR count). The fourth-order valence-electron chi connectivity index (χ4n) is 4.40. The van der Waals surface area contributed by atoms with Crippen LogP contribution in [-0.4, -0.2) is 62.8 Å². The summed E-state index contributed by atoms with van der Waals surface area (Å²) in [5.74, 6) is 0. The summed E-state index contributed by atoms with van der Waals surface area (Å²) < 4.78 is 7.55. The molecule has 3 aromatic rings. The molecule has 4 heterocycles. The summed E-state index contributed by atoms with van der Waals surface area (Å²) in [6.45, 7) is 3.19. The number of nitrogens with zero attached hydrogens (tertiary/aromatic N) is 5. The van der Waals surface area contributed by atoms with Crippen molar-refractivity contribution in [2.75, 3.05) is 26.7 Å². The van der Waals surface area contributed by atoms with Crippen molar-refractivity contribution >= 4 is 11.7 Å². The maximum Gasteiger partial charge on any atom is 0.410 e. The minimum absolute atomic E-state index is 0.213. The predicted molar refractivity (Wildman–Crippen MR) is 105 cm³/mol. The van der Waals surface area contributed by atoms with Crippen molar-refractivity contribution in [2.45, 2.75) is 25.0 Å².